The molecule has 0 heterocycles. The lowest BCUT2D eigenvalue weighted by Crippen LogP contribution is -2.11. The fourth-order valence-electron chi connectivity index (χ4n) is 1.84. The second kappa shape index (κ2) is 11.1. The van der Waals surface area contributed by atoms with E-state index in [0.717, 1.165) is 19.3 Å². The lowest BCUT2D eigenvalue weighted by Gasteiger charge is -2.08. The Morgan fingerprint density at radius 1 is 1.00 bits per heavy atom. The molecule has 0 bridgehead atoms. The smallest absolute Gasteiger partial charge is 0.331 e. The summed E-state index contributed by atoms with van der Waals surface area (Å²) in [5.41, 5.74) is 0. The van der Waals surface area contributed by atoms with E-state index in [9.17, 15) is 15.0 Å². The Hall–Kier alpha value is -1.03. The van der Waals surface area contributed by atoms with Gasteiger partial charge in [-0.1, -0.05) is 58.3 Å². The Kier molecular flexibility index (Phi) is 10.4. The zero-order valence-electron chi connectivity index (χ0n) is 11.3. The average Bonchev–Trinajstić information content (AvgIpc) is 2.31. The Balaban J connectivity index is 3.46. The highest BCUT2D eigenvalue weighted by Gasteiger charge is 2.10. The molecule has 0 fully saturated rings. The maximum atomic E-state index is 10.3. The van der Waals surface area contributed by atoms with Gasteiger partial charge >= 0.3 is 5.97 Å². The van der Waals surface area contributed by atoms with E-state index in [1.165, 1.54) is 32.1 Å². The van der Waals surface area contributed by atoms with E-state index in [2.05, 4.69) is 6.92 Å². The minimum absolute atomic E-state index is 0.421. The molecule has 0 aliphatic rings. The Labute approximate surface area is 109 Å². The summed E-state index contributed by atoms with van der Waals surface area (Å²) in [4.78, 5) is 10.3. The quantitative estimate of drug-likeness (QED) is 0.301. The van der Waals surface area contributed by atoms with Crippen LogP contribution in [-0.4, -0.2) is 27.4 Å². The van der Waals surface area contributed by atoms with Crippen molar-refractivity contribution in [3.63, 3.8) is 0 Å². The molecule has 4 nitrogen and oxygen atoms in total. The van der Waals surface area contributed by atoms with Crippen LogP contribution in [0.2, 0.25) is 0 Å². The largest absolute Gasteiger partial charge is 0.509 e. The van der Waals surface area contributed by atoms with Crippen LogP contribution in [0.1, 0.15) is 64.7 Å². The van der Waals surface area contributed by atoms with Crippen LogP contribution >= 0.6 is 0 Å². The van der Waals surface area contributed by atoms with Crippen LogP contribution in [0.15, 0.2) is 11.8 Å². The van der Waals surface area contributed by atoms with E-state index in [1.54, 1.807) is 0 Å². The monoisotopic (exact) mass is 258 g/mol. The summed E-state index contributed by atoms with van der Waals surface area (Å²) in [5.74, 6) is -1.69. The highest BCUT2D eigenvalue weighted by Crippen LogP contribution is 2.12. The topological polar surface area (TPSA) is 77.8 Å². The molecule has 0 aromatic carbocycles. The predicted octanol–water partition coefficient (Wildman–Crippen LogP) is 3.40. The molecule has 18 heavy (non-hydrogen) atoms. The average molecular weight is 258 g/mol. The number of hydrogen-bond acceptors (Lipinski definition) is 3. The lowest BCUT2D eigenvalue weighted by molar-refractivity contribution is -0.131. The first-order valence-corrected chi connectivity index (χ1v) is 6.89. The SMILES string of the molecule is CCCCCCCCCCC(O)C(O)=CC(=O)O. The van der Waals surface area contributed by atoms with Gasteiger partial charge in [0.1, 0.15) is 11.9 Å². The van der Waals surface area contributed by atoms with Crippen LogP contribution in [0.4, 0.5) is 0 Å². The molecule has 0 aliphatic heterocycles. The van der Waals surface area contributed by atoms with Gasteiger partial charge in [0.05, 0.1) is 6.08 Å². The van der Waals surface area contributed by atoms with Crippen LogP contribution in [0.5, 0.6) is 0 Å². The van der Waals surface area contributed by atoms with Crippen molar-refractivity contribution in [1.29, 1.82) is 0 Å². The molecule has 0 saturated carbocycles. The van der Waals surface area contributed by atoms with Gasteiger partial charge in [0.15, 0.2) is 0 Å². The van der Waals surface area contributed by atoms with E-state index in [0.29, 0.717) is 12.5 Å². The third kappa shape index (κ3) is 10.1. The van der Waals surface area contributed by atoms with E-state index in [1.807, 2.05) is 0 Å². The summed E-state index contributed by atoms with van der Waals surface area (Å²) < 4.78 is 0. The molecule has 0 aromatic rings. The molecule has 106 valence electrons. The molecule has 0 aromatic heterocycles. The number of carboxylic acids is 1. The van der Waals surface area contributed by atoms with E-state index >= 15 is 0 Å². The van der Waals surface area contributed by atoms with Gasteiger partial charge in [0.2, 0.25) is 0 Å². The Bertz CT molecular complexity index is 248. The first-order chi connectivity index (χ1) is 8.57. The predicted molar refractivity (Wildman–Crippen MR) is 71.6 cm³/mol. The highest BCUT2D eigenvalue weighted by atomic mass is 16.4. The van der Waals surface area contributed by atoms with Crippen molar-refractivity contribution in [3.05, 3.63) is 11.8 Å². The van der Waals surface area contributed by atoms with Crippen LogP contribution < -0.4 is 0 Å². The number of aliphatic carboxylic acids is 1. The van der Waals surface area contributed by atoms with Gasteiger partial charge in [0, 0.05) is 0 Å². The summed E-state index contributed by atoms with van der Waals surface area (Å²) in [5, 5.41) is 27.1. The van der Waals surface area contributed by atoms with Crippen molar-refractivity contribution in [2.24, 2.45) is 0 Å². The fourth-order valence-corrected chi connectivity index (χ4v) is 1.84. The molecule has 1 unspecified atom stereocenters. The summed E-state index contributed by atoms with van der Waals surface area (Å²) >= 11 is 0. The summed E-state index contributed by atoms with van der Waals surface area (Å²) in [6.07, 6.45) is 9.32. The second-order valence-corrected chi connectivity index (χ2v) is 4.69. The van der Waals surface area contributed by atoms with Gasteiger partial charge in [-0.2, -0.15) is 0 Å². The number of aliphatic hydroxyl groups excluding tert-OH is 2. The molecule has 0 spiro atoms. The molecule has 1 atom stereocenters. The van der Waals surface area contributed by atoms with Crippen molar-refractivity contribution in [2.75, 3.05) is 0 Å². The van der Waals surface area contributed by atoms with Gasteiger partial charge in [-0.25, -0.2) is 4.79 Å². The first kappa shape index (κ1) is 17.0. The van der Waals surface area contributed by atoms with E-state index < -0.39 is 17.8 Å². The second-order valence-electron chi connectivity index (χ2n) is 4.69. The van der Waals surface area contributed by atoms with Gasteiger partial charge < -0.3 is 15.3 Å². The molecule has 0 saturated heterocycles. The molecular formula is C14H26O4. The van der Waals surface area contributed by atoms with Crippen LogP contribution in [-0.2, 0) is 4.79 Å². The molecule has 0 rings (SSSR count). The lowest BCUT2D eigenvalue weighted by atomic mass is 10.0. The molecule has 0 radical (unpaired) electrons. The standard InChI is InChI=1S/C14H26O4/c1-2-3-4-5-6-7-8-9-10-12(15)13(16)11-14(17)18/h11-12,15-16H,2-10H2,1H3,(H,17,18). The van der Waals surface area contributed by atoms with Gasteiger partial charge in [-0.15, -0.1) is 0 Å². The number of carbonyl (C=O) groups is 1. The maximum Gasteiger partial charge on any atom is 0.331 e. The third-order valence-corrected chi connectivity index (χ3v) is 2.94. The Morgan fingerprint density at radius 3 is 2.00 bits per heavy atom. The minimum Gasteiger partial charge on any atom is -0.509 e. The highest BCUT2D eigenvalue weighted by molar-refractivity contribution is 5.80. The van der Waals surface area contributed by atoms with Gasteiger partial charge in [-0.05, 0) is 6.42 Å². The third-order valence-electron chi connectivity index (χ3n) is 2.94. The maximum absolute atomic E-state index is 10.3. The zero-order valence-corrected chi connectivity index (χ0v) is 11.3. The summed E-state index contributed by atoms with van der Waals surface area (Å²) in [6.45, 7) is 2.19. The van der Waals surface area contributed by atoms with Crippen LogP contribution in [0.25, 0.3) is 0 Å². The van der Waals surface area contributed by atoms with Crippen molar-refractivity contribution in [1.82, 2.24) is 0 Å². The van der Waals surface area contributed by atoms with Crippen LogP contribution in [0.3, 0.4) is 0 Å². The van der Waals surface area contributed by atoms with Crippen LogP contribution in [0, 0.1) is 0 Å². The number of aliphatic hydroxyl groups is 2. The normalized spacial score (nSPS) is 13.6. The number of carboxylic acid groups (broad SMARTS) is 1. The Morgan fingerprint density at radius 2 is 1.50 bits per heavy atom. The number of unbranched alkanes of at least 4 members (excludes halogenated alkanes) is 7. The number of hydrogen-bond donors (Lipinski definition) is 3. The first-order valence-electron chi connectivity index (χ1n) is 6.89. The zero-order chi connectivity index (χ0) is 13.8. The fraction of sp³-hybridized carbons (Fsp3) is 0.786. The molecule has 0 aliphatic carbocycles. The minimum atomic E-state index is -1.23. The number of rotatable bonds is 11. The summed E-state index contributed by atoms with van der Waals surface area (Å²) in [7, 11) is 0. The molecular weight excluding hydrogens is 232 g/mol. The molecule has 3 N–H and O–H groups in total. The molecule has 4 heteroatoms. The van der Waals surface area contributed by atoms with Gasteiger partial charge in [-0.3, -0.25) is 0 Å². The van der Waals surface area contributed by atoms with Crippen molar-refractivity contribution >= 4 is 5.97 Å². The van der Waals surface area contributed by atoms with E-state index in [4.69, 9.17) is 5.11 Å². The van der Waals surface area contributed by atoms with E-state index in [-0.39, 0.29) is 0 Å². The van der Waals surface area contributed by atoms with Gasteiger partial charge in [0.25, 0.3) is 0 Å². The molecule has 0 amide bonds. The van der Waals surface area contributed by atoms with Crippen molar-refractivity contribution in [3.8, 4) is 0 Å². The summed E-state index contributed by atoms with van der Waals surface area (Å²) in [6, 6.07) is 0. The van der Waals surface area contributed by atoms with Crippen molar-refractivity contribution < 1.29 is 20.1 Å². The van der Waals surface area contributed by atoms with Crippen molar-refractivity contribution in [2.45, 2.75) is 70.8 Å².